The third-order valence-electron chi connectivity index (χ3n) is 6.81. The standard InChI is InChI=1S/C29H52/c1-6-7-8-9-10-11-12-13-14-15-16-17-18-19-20-21-22-29-27(5)26(4)23-24-28(29)25(2)3/h23-25H,6-22H2,1-5H3. The average Bonchev–Trinajstić information content (AvgIpc) is 2.70. The van der Waals surface area contributed by atoms with Gasteiger partial charge in [-0.3, -0.25) is 0 Å². The van der Waals surface area contributed by atoms with E-state index in [0.29, 0.717) is 5.92 Å². The Kier molecular flexibility index (Phi) is 15.4. The van der Waals surface area contributed by atoms with E-state index >= 15 is 0 Å². The molecule has 0 amide bonds. The molecule has 0 aliphatic rings. The summed E-state index contributed by atoms with van der Waals surface area (Å²) in [5.41, 5.74) is 6.22. The Morgan fingerprint density at radius 2 is 1.00 bits per heavy atom. The average molecular weight is 401 g/mol. The van der Waals surface area contributed by atoms with Crippen LogP contribution in [0.15, 0.2) is 12.1 Å². The van der Waals surface area contributed by atoms with E-state index in [1.54, 1.807) is 11.1 Å². The van der Waals surface area contributed by atoms with Crippen LogP contribution in [0.4, 0.5) is 0 Å². The number of benzene rings is 1. The molecule has 0 fully saturated rings. The first-order chi connectivity index (χ1) is 14.1. The summed E-state index contributed by atoms with van der Waals surface area (Å²) in [4.78, 5) is 0. The molecule has 0 spiro atoms. The van der Waals surface area contributed by atoms with Gasteiger partial charge in [0.1, 0.15) is 0 Å². The molecule has 1 aromatic rings. The zero-order valence-corrected chi connectivity index (χ0v) is 20.8. The van der Waals surface area contributed by atoms with Crippen molar-refractivity contribution in [1.29, 1.82) is 0 Å². The first-order valence-corrected chi connectivity index (χ1v) is 13.2. The summed E-state index contributed by atoms with van der Waals surface area (Å²) in [6, 6.07) is 4.68. The minimum Gasteiger partial charge on any atom is -0.0654 e. The van der Waals surface area contributed by atoms with Crippen molar-refractivity contribution in [3.05, 3.63) is 34.4 Å². The van der Waals surface area contributed by atoms with Gasteiger partial charge in [-0.05, 0) is 54.9 Å². The third kappa shape index (κ3) is 11.9. The second-order valence-electron chi connectivity index (χ2n) is 9.78. The van der Waals surface area contributed by atoms with Crippen molar-refractivity contribution >= 4 is 0 Å². The largest absolute Gasteiger partial charge is 0.0654 e. The zero-order valence-electron chi connectivity index (χ0n) is 20.8. The zero-order chi connectivity index (χ0) is 21.3. The molecule has 0 heterocycles. The van der Waals surface area contributed by atoms with Crippen LogP contribution in [0.2, 0.25) is 0 Å². The van der Waals surface area contributed by atoms with Gasteiger partial charge >= 0.3 is 0 Å². The molecule has 0 aliphatic heterocycles. The normalized spacial score (nSPS) is 11.5. The molecule has 0 N–H and O–H groups in total. The molecular formula is C29H52. The van der Waals surface area contributed by atoms with E-state index in [1.807, 2.05) is 0 Å². The highest BCUT2D eigenvalue weighted by molar-refractivity contribution is 5.41. The lowest BCUT2D eigenvalue weighted by molar-refractivity contribution is 0.529. The molecule has 0 nitrogen and oxygen atoms in total. The van der Waals surface area contributed by atoms with Crippen LogP contribution in [0.25, 0.3) is 0 Å². The summed E-state index contributed by atoms with van der Waals surface area (Å²) in [7, 11) is 0. The monoisotopic (exact) mass is 400 g/mol. The highest BCUT2D eigenvalue weighted by Gasteiger charge is 2.10. The minimum absolute atomic E-state index is 0.644. The smallest absolute Gasteiger partial charge is 0.0216 e. The summed E-state index contributed by atoms with van der Waals surface area (Å²) in [5.74, 6) is 0.644. The number of rotatable bonds is 18. The maximum Gasteiger partial charge on any atom is -0.0216 e. The van der Waals surface area contributed by atoms with Gasteiger partial charge in [-0.1, -0.05) is 129 Å². The molecule has 0 atom stereocenters. The first-order valence-electron chi connectivity index (χ1n) is 13.2. The Balaban J connectivity index is 1.98. The van der Waals surface area contributed by atoms with Crippen molar-refractivity contribution in [2.45, 2.75) is 150 Å². The molecule has 0 bridgehead atoms. The van der Waals surface area contributed by atoms with Gasteiger partial charge in [-0.15, -0.1) is 0 Å². The van der Waals surface area contributed by atoms with Gasteiger partial charge in [-0.25, -0.2) is 0 Å². The van der Waals surface area contributed by atoms with E-state index in [4.69, 9.17) is 0 Å². The fraction of sp³-hybridized carbons (Fsp3) is 0.793. The molecule has 1 aromatic carbocycles. The number of hydrogen-bond acceptors (Lipinski definition) is 0. The summed E-state index contributed by atoms with van der Waals surface area (Å²) in [6.07, 6.45) is 24.4. The van der Waals surface area contributed by atoms with Gasteiger partial charge in [0, 0.05) is 0 Å². The summed E-state index contributed by atoms with van der Waals surface area (Å²) in [6.45, 7) is 11.6. The number of unbranched alkanes of at least 4 members (excludes halogenated alkanes) is 15. The molecule has 0 saturated carbocycles. The Labute approximate surface area is 184 Å². The molecule has 0 aromatic heterocycles. The van der Waals surface area contributed by atoms with Crippen LogP contribution in [0.5, 0.6) is 0 Å². The predicted molar refractivity (Wildman–Crippen MR) is 133 cm³/mol. The molecule has 0 aliphatic carbocycles. The molecule has 0 unspecified atom stereocenters. The van der Waals surface area contributed by atoms with Crippen LogP contribution >= 0.6 is 0 Å². The van der Waals surface area contributed by atoms with Gasteiger partial charge < -0.3 is 0 Å². The second-order valence-corrected chi connectivity index (χ2v) is 9.78. The molecule has 0 saturated heterocycles. The summed E-state index contributed by atoms with van der Waals surface area (Å²) < 4.78 is 0. The molecular weight excluding hydrogens is 348 g/mol. The SMILES string of the molecule is CCCCCCCCCCCCCCCCCCc1c(C(C)C)ccc(C)c1C. The van der Waals surface area contributed by atoms with Crippen molar-refractivity contribution < 1.29 is 0 Å². The molecule has 168 valence electrons. The Morgan fingerprint density at radius 3 is 1.41 bits per heavy atom. The predicted octanol–water partition coefficient (Wildman–Crippen LogP) is 10.2. The Bertz CT molecular complexity index is 511. The van der Waals surface area contributed by atoms with Crippen LogP contribution in [-0.2, 0) is 6.42 Å². The minimum atomic E-state index is 0.644. The van der Waals surface area contributed by atoms with E-state index in [9.17, 15) is 0 Å². The maximum atomic E-state index is 2.37. The van der Waals surface area contributed by atoms with E-state index < -0.39 is 0 Å². The highest BCUT2D eigenvalue weighted by Crippen LogP contribution is 2.26. The van der Waals surface area contributed by atoms with Crippen LogP contribution in [0, 0.1) is 13.8 Å². The number of aryl methyl sites for hydroxylation is 1. The maximum absolute atomic E-state index is 2.37. The van der Waals surface area contributed by atoms with Gasteiger partial charge in [-0.2, -0.15) is 0 Å². The van der Waals surface area contributed by atoms with E-state index in [2.05, 4.69) is 46.8 Å². The molecule has 29 heavy (non-hydrogen) atoms. The van der Waals surface area contributed by atoms with Crippen molar-refractivity contribution in [1.82, 2.24) is 0 Å². The fourth-order valence-corrected chi connectivity index (χ4v) is 4.62. The van der Waals surface area contributed by atoms with E-state index in [-0.39, 0.29) is 0 Å². The van der Waals surface area contributed by atoms with E-state index in [0.717, 1.165) is 0 Å². The van der Waals surface area contributed by atoms with Gasteiger partial charge in [0.15, 0.2) is 0 Å². The topological polar surface area (TPSA) is 0 Å². The van der Waals surface area contributed by atoms with Crippen molar-refractivity contribution in [3.8, 4) is 0 Å². The summed E-state index contributed by atoms with van der Waals surface area (Å²) in [5, 5.41) is 0. The lowest BCUT2D eigenvalue weighted by Gasteiger charge is -2.17. The lowest BCUT2D eigenvalue weighted by Crippen LogP contribution is -2.01. The highest BCUT2D eigenvalue weighted by atomic mass is 14.2. The van der Waals surface area contributed by atoms with Crippen LogP contribution in [-0.4, -0.2) is 0 Å². The Hall–Kier alpha value is -0.780. The first kappa shape index (κ1) is 26.3. The fourth-order valence-electron chi connectivity index (χ4n) is 4.62. The van der Waals surface area contributed by atoms with Gasteiger partial charge in [0.25, 0.3) is 0 Å². The molecule has 0 radical (unpaired) electrons. The molecule has 0 heteroatoms. The van der Waals surface area contributed by atoms with Crippen molar-refractivity contribution in [2.75, 3.05) is 0 Å². The quantitative estimate of drug-likeness (QED) is 0.215. The third-order valence-corrected chi connectivity index (χ3v) is 6.81. The van der Waals surface area contributed by atoms with Crippen LogP contribution < -0.4 is 0 Å². The van der Waals surface area contributed by atoms with Crippen molar-refractivity contribution in [3.63, 3.8) is 0 Å². The van der Waals surface area contributed by atoms with E-state index in [1.165, 1.54) is 120 Å². The van der Waals surface area contributed by atoms with Crippen LogP contribution in [0.1, 0.15) is 152 Å². The van der Waals surface area contributed by atoms with Gasteiger partial charge in [0.2, 0.25) is 0 Å². The van der Waals surface area contributed by atoms with Crippen LogP contribution in [0.3, 0.4) is 0 Å². The van der Waals surface area contributed by atoms with Crippen molar-refractivity contribution in [2.24, 2.45) is 0 Å². The Morgan fingerprint density at radius 1 is 0.586 bits per heavy atom. The second kappa shape index (κ2) is 17.0. The number of hydrogen-bond donors (Lipinski definition) is 0. The summed E-state index contributed by atoms with van der Waals surface area (Å²) >= 11 is 0. The van der Waals surface area contributed by atoms with Gasteiger partial charge in [0.05, 0.1) is 0 Å². The lowest BCUT2D eigenvalue weighted by atomic mass is 9.88. The molecule has 1 rings (SSSR count).